The molecule has 1 saturated heterocycles. The van der Waals surface area contributed by atoms with E-state index in [0.717, 1.165) is 18.2 Å². The molecule has 3 heteroatoms. The zero-order chi connectivity index (χ0) is 12.8. The summed E-state index contributed by atoms with van der Waals surface area (Å²) < 4.78 is 0. The monoisotopic (exact) mass is 264 g/mol. The number of nitrogens with two attached hydrogens (primary N) is 1. The Bertz CT molecular complexity index is 334. The molecule has 2 N–H and O–H groups in total. The summed E-state index contributed by atoms with van der Waals surface area (Å²) in [5.74, 6) is 0. The molecule has 2 nitrogen and oxygen atoms in total. The Morgan fingerprint density at radius 3 is 2.50 bits per heavy atom. The van der Waals surface area contributed by atoms with Crippen LogP contribution in [0.3, 0.4) is 0 Å². The summed E-state index contributed by atoms with van der Waals surface area (Å²) in [4.78, 5) is 2.58. The number of thioether (sulfide) groups is 1. The molecular formula is C15H24N2S. The highest BCUT2D eigenvalue weighted by Gasteiger charge is 2.23. The fraction of sp³-hybridized carbons (Fsp3) is 0.600. The predicted octanol–water partition coefficient (Wildman–Crippen LogP) is 2.38. The Labute approximate surface area is 115 Å². The van der Waals surface area contributed by atoms with Crippen LogP contribution in [-0.4, -0.2) is 42.1 Å². The summed E-state index contributed by atoms with van der Waals surface area (Å²) in [6.07, 6.45) is 5.94. The predicted molar refractivity (Wildman–Crippen MR) is 81.1 cm³/mol. The van der Waals surface area contributed by atoms with Gasteiger partial charge in [-0.05, 0) is 44.2 Å². The number of rotatable bonds is 5. The lowest BCUT2D eigenvalue weighted by Gasteiger charge is -2.36. The first-order valence-corrected chi connectivity index (χ1v) is 8.13. The van der Waals surface area contributed by atoms with Gasteiger partial charge in [-0.2, -0.15) is 11.8 Å². The molecule has 18 heavy (non-hydrogen) atoms. The van der Waals surface area contributed by atoms with Crippen molar-refractivity contribution in [3.8, 4) is 0 Å². The van der Waals surface area contributed by atoms with Gasteiger partial charge in [-0.25, -0.2) is 0 Å². The average molecular weight is 264 g/mol. The lowest BCUT2D eigenvalue weighted by Crippen LogP contribution is -2.46. The van der Waals surface area contributed by atoms with Crippen LogP contribution in [0, 0.1) is 0 Å². The van der Waals surface area contributed by atoms with Gasteiger partial charge >= 0.3 is 0 Å². The number of likely N-dealkylation sites (tertiary alicyclic amines) is 1. The molecule has 1 aliphatic rings. The maximum absolute atomic E-state index is 5.97. The molecule has 1 atom stereocenters. The van der Waals surface area contributed by atoms with E-state index in [9.17, 15) is 0 Å². The number of hydrogen-bond donors (Lipinski definition) is 1. The fourth-order valence-electron chi connectivity index (χ4n) is 2.72. The molecule has 0 bridgehead atoms. The molecule has 0 radical (unpaired) electrons. The van der Waals surface area contributed by atoms with Gasteiger partial charge in [-0.3, -0.25) is 4.90 Å². The molecule has 1 heterocycles. The Kier molecular flexibility index (Phi) is 5.54. The van der Waals surface area contributed by atoms with Gasteiger partial charge in [0.2, 0.25) is 0 Å². The summed E-state index contributed by atoms with van der Waals surface area (Å²) in [6, 6.07) is 11.2. The van der Waals surface area contributed by atoms with Crippen molar-refractivity contribution in [2.45, 2.75) is 30.6 Å². The molecule has 0 saturated carbocycles. The molecule has 0 spiro atoms. The Morgan fingerprint density at radius 1 is 1.28 bits per heavy atom. The van der Waals surface area contributed by atoms with Gasteiger partial charge < -0.3 is 5.73 Å². The minimum Gasteiger partial charge on any atom is -0.329 e. The van der Waals surface area contributed by atoms with Crippen LogP contribution in [0.5, 0.6) is 0 Å². The van der Waals surface area contributed by atoms with Crippen molar-refractivity contribution in [2.24, 2.45) is 5.73 Å². The van der Waals surface area contributed by atoms with Crippen molar-refractivity contribution in [2.75, 3.05) is 25.9 Å². The zero-order valence-electron chi connectivity index (χ0n) is 11.2. The molecule has 1 fully saturated rings. The van der Waals surface area contributed by atoms with Crippen molar-refractivity contribution in [1.29, 1.82) is 0 Å². The summed E-state index contributed by atoms with van der Waals surface area (Å²) in [5, 5.41) is 0.858. The second kappa shape index (κ2) is 7.17. The maximum Gasteiger partial charge on any atom is 0.0258 e. The van der Waals surface area contributed by atoms with Crippen LogP contribution in [0.25, 0.3) is 0 Å². The smallest absolute Gasteiger partial charge is 0.0258 e. The van der Waals surface area contributed by atoms with Gasteiger partial charge in [0.15, 0.2) is 0 Å². The second-order valence-electron chi connectivity index (χ2n) is 5.05. The van der Waals surface area contributed by atoms with Crippen LogP contribution in [0.15, 0.2) is 30.3 Å². The third kappa shape index (κ3) is 3.74. The quantitative estimate of drug-likeness (QED) is 0.885. The van der Waals surface area contributed by atoms with Gasteiger partial charge in [-0.15, -0.1) is 0 Å². The summed E-state index contributed by atoms with van der Waals surface area (Å²) in [6.45, 7) is 3.18. The topological polar surface area (TPSA) is 29.3 Å². The van der Waals surface area contributed by atoms with E-state index in [-0.39, 0.29) is 0 Å². The van der Waals surface area contributed by atoms with E-state index >= 15 is 0 Å². The molecule has 100 valence electrons. The first kappa shape index (κ1) is 13.9. The van der Waals surface area contributed by atoms with E-state index in [0.29, 0.717) is 6.04 Å². The van der Waals surface area contributed by atoms with E-state index in [1.54, 1.807) is 0 Å². The van der Waals surface area contributed by atoms with E-state index in [1.165, 1.54) is 31.5 Å². The summed E-state index contributed by atoms with van der Waals surface area (Å²) in [5.41, 5.74) is 7.37. The van der Waals surface area contributed by atoms with E-state index in [4.69, 9.17) is 5.73 Å². The number of benzene rings is 1. The van der Waals surface area contributed by atoms with E-state index < -0.39 is 0 Å². The van der Waals surface area contributed by atoms with Crippen molar-refractivity contribution in [3.63, 3.8) is 0 Å². The van der Waals surface area contributed by atoms with E-state index in [1.807, 2.05) is 11.8 Å². The largest absolute Gasteiger partial charge is 0.329 e. The second-order valence-corrected chi connectivity index (χ2v) is 6.19. The molecule has 1 aliphatic heterocycles. The fourth-order valence-corrected chi connectivity index (χ4v) is 3.41. The number of nitrogens with zero attached hydrogens (tertiary/aromatic N) is 1. The van der Waals surface area contributed by atoms with Crippen LogP contribution < -0.4 is 5.73 Å². The standard InChI is InChI=1S/C15H24N2S/c1-18-15-7-9-17(10-8-15)14(12-16)11-13-5-3-2-4-6-13/h2-6,14-15H,7-12,16H2,1H3. The Morgan fingerprint density at radius 2 is 1.94 bits per heavy atom. The highest BCUT2D eigenvalue weighted by Crippen LogP contribution is 2.23. The zero-order valence-corrected chi connectivity index (χ0v) is 12.0. The highest BCUT2D eigenvalue weighted by atomic mass is 32.2. The maximum atomic E-state index is 5.97. The van der Waals surface area contributed by atoms with Crippen molar-refractivity contribution < 1.29 is 0 Å². The summed E-state index contributed by atoms with van der Waals surface area (Å²) in [7, 11) is 0. The Hall–Kier alpha value is -0.510. The molecule has 1 aromatic rings. The average Bonchev–Trinajstić information content (AvgIpc) is 2.46. The third-order valence-corrected chi connectivity index (χ3v) is 5.05. The van der Waals surface area contributed by atoms with Crippen LogP contribution >= 0.6 is 11.8 Å². The van der Waals surface area contributed by atoms with Crippen molar-refractivity contribution in [1.82, 2.24) is 4.90 Å². The van der Waals surface area contributed by atoms with Crippen molar-refractivity contribution >= 4 is 11.8 Å². The highest BCUT2D eigenvalue weighted by molar-refractivity contribution is 7.99. The lowest BCUT2D eigenvalue weighted by atomic mass is 10.0. The summed E-state index contributed by atoms with van der Waals surface area (Å²) >= 11 is 2.01. The molecule has 1 aromatic carbocycles. The van der Waals surface area contributed by atoms with Crippen LogP contribution in [0.2, 0.25) is 0 Å². The van der Waals surface area contributed by atoms with Gasteiger partial charge in [0.05, 0.1) is 0 Å². The Balaban J connectivity index is 1.89. The first-order valence-electron chi connectivity index (χ1n) is 6.84. The van der Waals surface area contributed by atoms with Crippen LogP contribution in [0.4, 0.5) is 0 Å². The molecule has 1 unspecified atom stereocenters. The molecule has 2 rings (SSSR count). The van der Waals surface area contributed by atoms with E-state index in [2.05, 4.69) is 41.5 Å². The first-order chi connectivity index (χ1) is 8.83. The van der Waals surface area contributed by atoms with Gasteiger partial charge in [0.25, 0.3) is 0 Å². The lowest BCUT2D eigenvalue weighted by molar-refractivity contribution is 0.169. The normalized spacial score (nSPS) is 19.9. The van der Waals surface area contributed by atoms with Crippen LogP contribution in [0.1, 0.15) is 18.4 Å². The molecule has 0 aromatic heterocycles. The minimum absolute atomic E-state index is 0.509. The number of hydrogen-bond acceptors (Lipinski definition) is 3. The van der Waals surface area contributed by atoms with Crippen molar-refractivity contribution in [3.05, 3.63) is 35.9 Å². The SMILES string of the molecule is CSC1CCN(C(CN)Cc2ccccc2)CC1. The third-order valence-electron chi connectivity index (χ3n) is 3.91. The van der Waals surface area contributed by atoms with Gasteiger partial charge in [0.1, 0.15) is 0 Å². The van der Waals surface area contributed by atoms with Gasteiger partial charge in [-0.1, -0.05) is 30.3 Å². The minimum atomic E-state index is 0.509. The van der Waals surface area contributed by atoms with Crippen LogP contribution in [-0.2, 0) is 6.42 Å². The molecule has 0 amide bonds. The number of piperidine rings is 1. The van der Waals surface area contributed by atoms with Gasteiger partial charge in [0, 0.05) is 17.8 Å². The molecular weight excluding hydrogens is 240 g/mol. The molecule has 0 aliphatic carbocycles.